The van der Waals surface area contributed by atoms with Gasteiger partial charge in [-0.2, -0.15) is 0 Å². The predicted octanol–water partition coefficient (Wildman–Crippen LogP) is 6.28. The van der Waals surface area contributed by atoms with E-state index in [2.05, 4.69) is 29.2 Å². The Labute approximate surface area is 216 Å². The van der Waals surface area contributed by atoms with E-state index in [4.69, 9.17) is 43.6 Å². The van der Waals surface area contributed by atoms with Crippen molar-refractivity contribution < 1.29 is 4.74 Å². The van der Waals surface area contributed by atoms with Gasteiger partial charge in [0.05, 0.1) is 40.8 Å². The summed E-state index contributed by atoms with van der Waals surface area (Å²) < 4.78 is 5.53. The van der Waals surface area contributed by atoms with Crippen molar-refractivity contribution in [2.45, 2.75) is 56.0 Å². The maximum Gasteiger partial charge on any atom is 0.151 e. The minimum atomic E-state index is -0.0772. The largest absolute Gasteiger partial charge is 0.383 e. The number of hydrogen-bond donors (Lipinski definition) is 1. The van der Waals surface area contributed by atoms with E-state index < -0.39 is 0 Å². The maximum atomic E-state index is 6.85. The Hall–Kier alpha value is -2.18. The highest BCUT2D eigenvalue weighted by atomic mass is 35.5. The van der Waals surface area contributed by atoms with Gasteiger partial charge in [-0.15, -0.1) is 0 Å². The Bertz CT molecular complexity index is 1260. The van der Waals surface area contributed by atoms with E-state index in [1.807, 2.05) is 12.1 Å². The molecule has 0 aliphatic heterocycles. The van der Waals surface area contributed by atoms with E-state index in [1.165, 1.54) is 11.1 Å². The number of methoxy groups -OCH3 is 1. The van der Waals surface area contributed by atoms with Crippen LogP contribution in [0.1, 0.15) is 66.1 Å². The molecule has 2 fully saturated rings. The number of anilines is 1. The van der Waals surface area contributed by atoms with Gasteiger partial charge in [-0.05, 0) is 61.4 Å². The monoisotopic (exact) mass is 508 g/mol. The minimum absolute atomic E-state index is 0.0772. The van der Waals surface area contributed by atoms with Crippen LogP contribution in [-0.4, -0.2) is 36.3 Å². The maximum absolute atomic E-state index is 6.85. The number of aromatic nitrogens is 2. The van der Waals surface area contributed by atoms with Crippen molar-refractivity contribution in [2.75, 3.05) is 25.2 Å². The topological polar surface area (TPSA) is 64.3 Å². The lowest BCUT2D eigenvalue weighted by atomic mass is 10.0. The first-order valence-electron chi connectivity index (χ1n) is 12.5. The summed E-state index contributed by atoms with van der Waals surface area (Å²) in [5, 5.41) is 1.24. The van der Waals surface area contributed by atoms with Gasteiger partial charge in [0.15, 0.2) is 5.82 Å². The lowest BCUT2D eigenvalue weighted by molar-refractivity contribution is 0.202. The molecule has 3 aliphatic carbocycles. The first-order chi connectivity index (χ1) is 17.0. The summed E-state index contributed by atoms with van der Waals surface area (Å²) >= 11 is 12.9. The third kappa shape index (κ3) is 4.44. The molecule has 0 bridgehead atoms. The van der Waals surface area contributed by atoms with Crippen molar-refractivity contribution in [3.8, 4) is 11.3 Å². The number of fused-ring (bicyclic) bond motifs is 1. The van der Waals surface area contributed by atoms with Crippen molar-refractivity contribution in [3.63, 3.8) is 0 Å². The molecule has 2 aromatic carbocycles. The molecule has 0 radical (unpaired) electrons. The van der Waals surface area contributed by atoms with Gasteiger partial charge >= 0.3 is 0 Å². The number of hydrogen-bond acceptors (Lipinski definition) is 5. The molecule has 1 aromatic heterocycles. The van der Waals surface area contributed by atoms with Crippen LogP contribution in [0.25, 0.3) is 11.3 Å². The fraction of sp³-hybridized carbons (Fsp3) is 0.429. The van der Waals surface area contributed by atoms with E-state index in [0.717, 1.165) is 67.1 Å². The normalized spacial score (nSPS) is 21.3. The molecule has 2 N–H and O–H groups in total. The lowest BCUT2D eigenvalue weighted by Gasteiger charge is -2.34. The van der Waals surface area contributed by atoms with Gasteiger partial charge in [-0.1, -0.05) is 47.5 Å². The second-order valence-corrected chi connectivity index (χ2v) is 10.9. The Balaban J connectivity index is 1.48. The highest BCUT2D eigenvalue weighted by Gasteiger charge is 2.40. The minimum Gasteiger partial charge on any atom is -0.383 e. The van der Waals surface area contributed by atoms with Gasteiger partial charge in [0.1, 0.15) is 0 Å². The highest BCUT2D eigenvalue weighted by Crippen LogP contribution is 2.49. The summed E-state index contributed by atoms with van der Waals surface area (Å²) in [6.45, 7) is 1.33. The number of halogens is 2. The van der Waals surface area contributed by atoms with Crippen LogP contribution >= 0.6 is 23.2 Å². The Morgan fingerprint density at radius 2 is 1.74 bits per heavy atom. The van der Waals surface area contributed by atoms with Crippen molar-refractivity contribution in [1.29, 1.82) is 0 Å². The number of nitrogens with two attached hydrogens (primary N) is 1. The molecule has 0 unspecified atom stereocenters. The fourth-order valence-electron chi connectivity index (χ4n) is 5.34. The third-order valence-corrected chi connectivity index (χ3v) is 8.06. The van der Waals surface area contributed by atoms with Crippen LogP contribution in [0.3, 0.4) is 0 Å². The number of rotatable bonds is 8. The molecular formula is C28H30Cl2N4O. The predicted molar refractivity (Wildman–Crippen MR) is 142 cm³/mol. The Morgan fingerprint density at radius 1 is 1.00 bits per heavy atom. The zero-order valence-electron chi connectivity index (χ0n) is 19.9. The first kappa shape index (κ1) is 23.2. The summed E-state index contributed by atoms with van der Waals surface area (Å²) in [6, 6.07) is 14.2. The molecule has 6 rings (SSSR count). The molecule has 3 aromatic rings. The van der Waals surface area contributed by atoms with Gasteiger partial charge in [-0.25, -0.2) is 9.97 Å². The molecule has 0 spiro atoms. The quantitative estimate of drug-likeness (QED) is 0.387. The lowest BCUT2D eigenvalue weighted by Crippen LogP contribution is -2.44. The summed E-state index contributed by atoms with van der Waals surface area (Å²) in [7, 11) is 1.75. The molecule has 0 saturated heterocycles. The van der Waals surface area contributed by atoms with Crippen molar-refractivity contribution in [3.05, 3.63) is 75.0 Å². The standard InChI is InChI=1S/C28H30Cl2N4O/c1-35-13-12-34(23-14-18-4-2-3-5-20(18)24(23)31)28-26(17-8-9-17)32-27(25(33-28)16-6-7-16)21-11-10-19(29)15-22(21)30/h2-5,10-11,15-17,23-24H,6-9,12-14,31H2,1H3/t23-,24-/m1/s1. The van der Waals surface area contributed by atoms with E-state index in [-0.39, 0.29) is 12.1 Å². The fourth-order valence-corrected chi connectivity index (χ4v) is 5.84. The SMILES string of the molecule is COCCN(c1nc(C2CC2)c(-c2ccc(Cl)cc2Cl)nc1C1CC1)[C@@H]1Cc2ccccc2[C@H]1N. The van der Waals surface area contributed by atoms with E-state index in [9.17, 15) is 0 Å². The number of benzene rings is 2. The van der Waals surface area contributed by atoms with Crippen LogP contribution in [0.4, 0.5) is 5.82 Å². The average molecular weight is 509 g/mol. The summed E-state index contributed by atoms with van der Waals surface area (Å²) in [6.07, 6.45) is 5.42. The van der Waals surface area contributed by atoms with Gasteiger partial charge in [-0.3, -0.25) is 0 Å². The van der Waals surface area contributed by atoms with Crippen molar-refractivity contribution in [1.82, 2.24) is 9.97 Å². The van der Waals surface area contributed by atoms with Crippen molar-refractivity contribution in [2.24, 2.45) is 5.73 Å². The van der Waals surface area contributed by atoms with E-state index in [1.54, 1.807) is 13.2 Å². The van der Waals surface area contributed by atoms with Crippen LogP contribution in [0.2, 0.25) is 10.0 Å². The molecule has 35 heavy (non-hydrogen) atoms. The Morgan fingerprint density at radius 3 is 2.43 bits per heavy atom. The van der Waals surface area contributed by atoms with Crippen LogP contribution in [0.15, 0.2) is 42.5 Å². The van der Waals surface area contributed by atoms with Crippen LogP contribution in [-0.2, 0) is 11.2 Å². The molecule has 1 heterocycles. The van der Waals surface area contributed by atoms with Crippen LogP contribution < -0.4 is 10.6 Å². The van der Waals surface area contributed by atoms with Gasteiger partial charge in [0.2, 0.25) is 0 Å². The van der Waals surface area contributed by atoms with Gasteiger partial charge in [0.25, 0.3) is 0 Å². The highest BCUT2D eigenvalue weighted by molar-refractivity contribution is 6.36. The number of nitrogens with zero attached hydrogens (tertiary/aromatic N) is 3. The zero-order chi connectivity index (χ0) is 24.1. The summed E-state index contributed by atoms with van der Waals surface area (Å²) in [5.41, 5.74) is 13.3. The van der Waals surface area contributed by atoms with Crippen molar-refractivity contribution >= 4 is 29.0 Å². The molecule has 7 heteroatoms. The molecule has 3 aliphatic rings. The molecule has 5 nitrogen and oxygen atoms in total. The second kappa shape index (κ2) is 9.36. The average Bonchev–Trinajstić information content (AvgIpc) is 3.78. The van der Waals surface area contributed by atoms with Gasteiger partial charge < -0.3 is 15.4 Å². The third-order valence-electron chi connectivity index (χ3n) is 7.51. The first-order valence-corrected chi connectivity index (χ1v) is 13.3. The molecule has 182 valence electrons. The summed E-state index contributed by atoms with van der Waals surface area (Å²) in [5.74, 6) is 1.81. The molecule has 0 amide bonds. The zero-order valence-corrected chi connectivity index (χ0v) is 21.4. The summed E-state index contributed by atoms with van der Waals surface area (Å²) in [4.78, 5) is 13.1. The van der Waals surface area contributed by atoms with Crippen LogP contribution in [0.5, 0.6) is 0 Å². The van der Waals surface area contributed by atoms with E-state index in [0.29, 0.717) is 28.5 Å². The van der Waals surface area contributed by atoms with E-state index >= 15 is 0 Å². The van der Waals surface area contributed by atoms with Gasteiger partial charge in [0, 0.05) is 36.1 Å². The molecular weight excluding hydrogens is 479 g/mol. The van der Waals surface area contributed by atoms with Crippen LogP contribution in [0, 0.1) is 0 Å². The smallest absolute Gasteiger partial charge is 0.151 e. The number of ether oxygens (including phenoxy) is 1. The molecule has 2 saturated carbocycles. The second-order valence-electron chi connectivity index (χ2n) is 10.0. The molecule has 2 atom stereocenters. The Kier molecular flexibility index (Phi) is 6.21.